The Morgan fingerprint density at radius 2 is 1.81 bits per heavy atom. The molecule has 0 radical (unpaired) electrons. The van der Waals surface area contributed by atoms with Crippen molar-refractivity contribution in [1.82, 2.24) is 14.8 Å². The van der Waals surface area contributed by atoms with Gasteiger partial charge < -0.3 is 10.6 Å². The fourth-order valence-electron chi connectivity index (χ4n) is 4.26. The number of aryl methyl sites for hydroxylation is 2. The zero-order valence-corrected chi connectivity index (χ0v) is 21.1. The van der Waals surface area contributed by atoms with Crippen LogP contribution in [0.1, 0.15) is 35.2 Å². The molecule has 1 atom stereocenters. The molecule has 6 nitrogen and oxygen atoms in total. The third kappa shape index (κ3) is 4.90. The van der Waals surface area contributed by atoms with Gasteiger partial charge in [0.15, 0.2) is 0 Å². The van der Waals surface area contributed by atoms with Gasteiger partial charge in [0.25, 0.3) is 5.91 Å². The summed E-state index contributed by atoms with van der Waals surface area (Å²) >= 11 is 1.54. The Labute approximate surface area is 213 Å². The van der Waals surface area contributed by atoms with E-state index >= 15 is 0 Å². The monoisotopic (exact) mass is 499 g/mol. The van der Waals surface area contributed by atoms with Crippen LogP contribution in [0.5, 0.6) is 0 Å². The van der Waals surface area contributed by atoms with Crippen molar-refractivity contribution in [1.29, 1.82) is 0 Å². The highest BCUT2D eigenvalue weighted by molar-refractivity contribution is 7.98. The largest absolute Gasteiger partial charge is 0.328 e. The summed E-state index contributed by atoms with van der Waals surface area (Å²) in [5, 5.41) is 11.6. The quantitative estimate of drug-likeness (QED) is 0.307. The maximum atomic E-state index is 13.8. The molecule has 0 saturated heterocycles. The van der Waals surface area contributed by atoms with E-state index in [9.17, 15) is 9.18 Å². The molecule has 1 aliphatic rings. The number of nitrogens with one attached hydrogen (secondary N) is 2. The number of hydrogen-bond acceptors (Lipinski definition) is 5. The minimum atomic E-state index is -0.562. The molecule has 1 amide bonds. The summed E-state index contributed by atoms with van der Waals surface area (Å²) in [7, 11) is 0. The summed E-state index contributed by atoms with van der Waals surface area (Å²) in [6.07, 6.45) is 0. The number of thioether (sulfide) groups is 1. The van der Waals surface area contributed by atoms with E-state index in [0.29, 0.717) is 28.1 Å². The zero-order valence-electron chi connectivity index (χ0n) is 20.2. The van der Waals surface area contributed by atoms with Crippen LogP contribution in [0, 0.1) is 19.7 Å². The van der Waals surface area contributed by atoms with Crippen molar-refractivity contribution in [3.63, 3.8) is 0 Å². The fourth-order valence-corrected chi connectivity index (χ4v) is 5.15. The van der Waals surface area contributed by atoms with E-state index in [4.69, 9.17) is 10.1 Å². The van der Waals surface area contributed by atoms with Gasteiger partial charge in [0.1, 0.15) is 11.9 Å². The molecular formula is C28H26FN5OS. The van der Waals surface area contributed by atoms with E-state index in [1.54, 1.807) is 28.6 Å². The van der Waals surface area contributed by atoms with Gasteiger partial charge in [-0.05, 0) is 61.7 Å². The number of aromatic nitrogens is 3. The molecule has 0 saturated carbocycles. The number of carbonyl (C=O) groups excluding carboxylic acids is 1. The van der Waals surface area contributed by atoms with Crippen molar-refractivity contribution in [3.8, 4) is 0 Å². The van der Waals surface area contributed by atoms with Crippen molar-refractivity contribution in [2.45, 2.75) is 37.7 Å². The number of carbonyl (C=O) groups is 1. The Balaban J connectivity index is 1.49. The Bertz CT molecular complexity index is 1450. The number of allylic oxidation sites excluding steroid dienone is 1. The van der Waals surface area contributed by atoms with E-state index in [-0.39, 0.29) is 11.7 Å². The first kappa shape index (κ1) is 23.8. The van der Waals surface area contributed by atoms with Gasteiger partial charge in [-0.2, -0.15) is 4.98 Å². The summed E-state index contributed by atoms with van der Waals surface area (Å²) in [4.78, 5) is 18.2. The van der Waals surface area contributed by atoms with E-state index in [2.05, 4.69) is 42.7 Å². The summed E-state index contributed by atoms with van der Waals surface area (Å²) < 4.78 is 15.5. The van der Waals surface area contributed by atoms with Crippen LogP contribution in [0.3, 0.4) is 0 Å². The van der Waals surface area contributed by atoms with Gasteiger partial charge in [-0.25, -0.2) is 9.07 Å². The average molecular weight is 500 g/mol. The highest BCUT2D eigenvalue weighted by Crippen LogP contribution is 2.37. The van der Waals surface area contributed by atoms with Crippen molar-refractivity contribution < 1.29 is 9.18 Å². The highest BCUT2D eigenvalue weighted by Gasteiger charge is 2.34. The van der Waals surface area contributed by atoms with Gasteiger partial charge in [-0.1, -0.05) is 65.9 Å². The highest BCUT2D eigenvalue weighted by atomic mass is 32.2. The molecule has 0 fully saturated rings. The molecular weight excluding hydrogens is 473 g/mol. The second kappa shape index (κ2) is 9.99. The van der Waals surface area contributed by atoms with E-state index in [1.807, 2.05) is 37.3 Å². The Hall–Kier alpha value is -3.91. The van der Waals surface area contributed by atoms with Crippen LogP contribution in [0.25, 0.3) is 0 Å². The van der Waals surface area contributed by atoms with Gasteiger partial charge in [-0.3, -0.25) is 4.79 Å². The molecule has 4 aromatic rings. The predicted octanol–water partition coefficient (Wildman–Crippen LogP) is 6.25. The first-order valence-corrected chi connectivity index (χ1v) is 12.6. The van der Waals surface area contributed by atoms with Gasteiger partial charge in [0.2, 0.25) is 11.1 Å². The average Bonchev–Trinajstić information content (AvgIpc) is 3.27. The predicted molar refractivity (Wildman–Crippen MR) is 141 cm³/mol. The first-order chi connectivity index (χ1) is 17.4. The molecule has 1 aromatic heterocycles. The lowest BCUT2D eigenvalue weighted by Gasteiger charge is -2.28. The number of para-hydroxylation sites is 1. The van der Waals surface area contributed by atoms with Gasteiger partial charge in [-0.15, -0.1) is 5.10 Å². The second-order valence-electron chi connectivity index (χ2n) is 8.82. The fraction of sp³-hybridized carbons (Fsp3) is 0.179. The van der Waals surface area contributed by atoms with Crippen LogP contribution in [0.15, 0.2) is 89.2 Å². The SMILES string of the molecule is CC1=C(C(=O)Nc2ccccc2)[C@H](c2ccc(F)cc2)n2nc(SCc3cc(C)ccc3C)nc2N1. The molecule has 1 aliphatic heterocycles. The number of amides is 1. The molecule has 0 unspecified atom stereocenters. The lowest BCUT2D eigenvalue weighted by atomic mass is 9.95. The van der Waals surface area contributed by atoms with Gasteiger partial charge >= 0.3 is 0 Å². The Kier molecular flexibility index (Phi) is 6.61. The molecule has 3 aromatic carbocycles. The Morgan fingerprint density at radius 1 is 1.06 bits per heavy atom. The number of anilines is 2. The smallest absolute Gasteiger partial charge is 0.255 e. The van der Waals surface area contributed by atoms with Crippen LogP contribution in [-0.2, 0) is 10.5 Å². The van der Waals surface area contributed by atoms with Crippen LogP contribution in [-0.4, -0.2) is 20.7 Å². The molecule has 2 heterocycles. The standard InChI is InChI=1S/C28H26FN5OS/c1-17-9-10-18(2)21(15-17)16-36-28-32-27-30-19(3)24(26(35)31-23-7-5-4-6-8-23)25(34(27)33-28)20-11-13-22(29)14-12-20/h4-15,25H,16H2,1-3H3,(H,31,35)(H,30,32,33)/t25-/m0/s1. The van der Waals surface area contributed by atoms with Crippen LogP contribution >= 0.6 is 11.8 Å². The molecule has 182 valence electrons. The van der Waals surface area contributed by atoms with Crippen molar-refractivity contribution in [2.24, 2.45) is 0 Å². The van der Waals surface area contributed by atoms with Crippen LogP contribution in [0.4, 0.5) is 16.0 Å². The minimum Gasteiger partial charge on any atom is -0.328 e. The first-order valence-electron chi connectivity index (χ1n) is 11.6. The molecule has 5 rings (SSSR count). The summed E-state index contributed by atoms with van der Waals surface area (Å²) in [6, 6.07) is 21.3. The maximum absolute atomic E-state index is 13.8. The number of fused-ring (bicyclic) bond motifs is 1. The third-order valence-corrected chi connectivity index (χ3v) is 7.04. The lowest BCUT2D eigenvalue weighted by Crippen LogP contribution is -2.31. The summed E-state index contributed by atoms with van der Waals surface area (Å²) in [5.41, 5.74) is 6.25. The molecule has 36 heavy (non-hydrogen) atoms. The van der Waals surface area contributed by atoms with E-state index < -0.39 is 6.04 Å². The van der Waals surface area contributed by atoms with E-state index in [1.165, 1.54) is 28.8 Å². The number of halogens is 1. The van der Waals surface area contributed by atoms with Crippen molar-refractivity contribution in [3.05, 3.63) is 112 Å². The minimum absolute atomic E-state index is 0.258. The number of nitrogens with zero attached hydrogens (tertiary/aromatic N) is 3. The van der Waals surface area contributed by atoms with E-state index in [0.717, 1.165) is 11.3 Å². The number of hydrogen-bond donors (Lipinski definition) is 2. The number of benzene rings is 3. The molecule has 8 heteroatoms. The topological polar surface area (TPSA) is 71.8 Å². The second-order valence-corrected chi connectivity index (χ2v) is 9.76. The zero-order chi connectivity index (χ0) is 25.2. The molecule has 0 bridgehead atoms. The van der Waals surface area contributed by atoms with Gasteiger partial charge in [0.05, 0.1) is 5.57 Å². The van der Waals surface area contributed by atoms with Crippen molar-refractivity contribution >= 4 is 29.3 Å². The lowest BCUT2D eigenvalue weighted by molar-refractivity contribution is -0.113. The summed E-state index contributed by atoms with van der Waals surface area (Å²) in [6.45, 7) is 6.02. The summed E-state index contributed by atoms with van der Waals surface area (Å²) in [5.74, 6) is 0.673. The van der Waals surface area contributed by atoms with Gasteiger partial charge in [0, 0.05) is 17.1 Å². The van der Waals surface area contributed by atoms with Crippen LogP contribution in [0.2, 0.25) is 0 Å². The Morgan fingerprint density at radius 3 is 2.56 bits per heavy atom. The maximum Gasteiger partial charge on any atom is 0.255 e. The molecule has 0 spiro atoms. The molecule has 2 N–H and O–H groups in total. The normalized spacial score (nSPS) is 14.8. The van der Waals surface area contributed by atoms with Crippen LogP contribution < -0.4 is 10.6 Å². The molecule has 0 aliphatic carbocycles. The number of rotatable bonds is 6. The third-order valence-electron chi connectivity index (χ3n) is 6.16. The van der Waals surface area contributed by atoms with Crippen molar-refractivity contribution in [2.75, 3.05) is 10.6 Å².